The summed E-state index contributed by atoms with van der Waals surface area (Å²) in [5.74, 6) is 2.43. The maximum Gasteiger partial charge on any atom is 0.178 e. The van der Waals surface area contributed by atoms with Crippen molar-refractivity contribution in [2.24, 2.45) is 0 Å². The molecular formula is C19H21N5. The van der Waals surface area contributed by atoms with Crippen LogP contribution in [0.15, 0.2) is 36.4 Å². The molecule has 0 spiro atoms. The van der Waals surface area contributed by atoms with Crippen LogP contribution in [0, 0.1) is 0 Å². The predicted octanol–water partition coefficient (Wildman–Crippen LogP) is 3.84. The highest BCUT2D eigenvalue weighted by molar-refractivity contribution is 5.49. The van der Waals surface area contributed by atoms with Crippen LogP contribution in [0.5, 0.6) is 0 Å². The Morgan fingerprint density at radius 1 is 1.08 bits per heavy atom. The van der Waals surface area contributed by atoms with Crippen LogP contribution in [-0.2, 0) is 5.41 Å². The van der Waals surface area contributed by atoms with Gasteiger partial charge in [-0.25, -0.2) is 0 Å². The zero-order valence-corrected chi connectivity index (χ0v) is 14.0. The van der Waals surface area contributed by atoms with Gasteiger partial charge in [-0.1, -0.05) is 38.1 Å². The molecule has 1 saturated carbocycles. The summed E-state index contributed by atoms with van der Waals surface area (Å²) in [4.78, 5) is 0. The number of hydrogen-bond acceptors (Lipinski definition) is 4. The molecule has 1 unspecified atom stereocenters. The minimum Gasteiger partial charge on any atom is -0.362 e. The Morgan fingerprint density at radius 2 is 1.92 bits per heavy atom. The van der Waals surface area contributed by atoms with E-state index in [0.29, 0.717) is 12.0 Å². The summed E-state index contributed by atoms with van der Waals surface area (Å²) in [7, 11) is 0. The summed E-state index contributed by atoms with van der Waals surface area (Å²) >= 11 is 0. The first kappa shape index (κ1) is 14.0. The molecule has 5 heteroatoms. The Bertz CT molecular complexity index is 922. The van der Waals surface area contributed by atoms with Crippen LogP contribution < -0.4 is 5.32 Å². The zero-order chi connectivity index (χ0) is 16.3. The maximum absolute atomic E-state index is 4.76. The highest BCUT2D eigenvalue weighted by Gasteiger charge is 2.36. The fraction of sp³-hybridized carbons (Fsp3) is 0.421. The van der Waals surface area contributed by atoms with Gasteiger partial charge < -0.3 is 5.32 Å². The first-order valence-corrected chi connectivity index (χ1v) is 8.70. The van der Waals surface area contributed by atoms with E-state index in [2.05, 4.69) is 53.6 Å². The molecule has 1 atom stereocenters. The number of aromatic nitrogens is 4. The van der Waals surface area contributed by atoms with E-state index in [9.17, 15) is 0 Å². The first-order chi connectivity index (χ1) is 11.6. The minimum absolute atomic E-state index is 0.189. The lowest BCUT2D eigenvalue weighted by molar-refractivity contribution is 0.492. The Hall–Kier alpha value is -2.43. The third kappa shape index (κ3) is 2.11. The number of benzene rings is 1. The van der Waals surface area contributed by atoms with Crippen molar-refractivity contribution < 1.29 is 0 Å². The second kappa shape index (κ2) is 4.79. The second-order valence-corrected chi connectivity index (χ2v) is 7.69. The summed E-state index contributed by atoms with van der Waals surface area (Å²) in [5.41, 5.74) is 3.84. The molecular weight excluding hydrogens is 298 g/mol. The van der Waals surface area contributed by atoms with E-state index in [4.69, 9.17) is 5.10 Å². The summed E-state index contributed by atoms with van der Waals surface area (Å²) in [6.45, 7) is 4.63. The average Bonchev–Trinajstić information content (AvgIpc) is 3.28. The topological polar surface area (TPSA) is 55.1 Å². The molecule has 24 heavy (non-hydrogen) atoms. The molecule has 1 fully saturated rings. The summed E-state index contributed by atoms with van der Waals surface area (Å²) in [6, 6.07) is 13.0. The van der Waals surface area contributed by atoms with Gasteiger partial charge >= 0.3 is 0 Å². The van der Waals surface area contributed by atoms with Gasteiger partial charge in [0.2, 0.25) is 0 Å². The molecule has 2 aromatic heterocycles. The van der Waals surface area contributed by atoms with Crippen molar-refractivity contribution >= 4 is 11.5 Å². The number of rotatable bonds is 3. The lowest BCUT2D eigenvalue weighted by Gasteiger charge is -2.19. The van der Waals surface area contributed by atoms with E-state index < -0.39 is 0 Å². The Morgan fingerprint density at radius 3 is 2.75 bits per heavy atom. The minimum atomic E-state index is 0.189. The first-order valence-electron chi connectivity index (χ1n) is 8.70. The lowest BCUT2D eigenvalue weighted by atomic mass is 9.86. The van der Waals surface area contributed by atoms with Crippen LogP contribution in [0.4, 0.5) is 5.82 Å². The van der Waals surface area contributed by atoms with Crippen LogP contribution >= 0.6 is 0 Å². The molecule has 3 aromatic rings. The van der Waals surface area contributed by atoms with E-state index >= 15 is 0 Å². The van der Waals surface area contributed by atoms with Crippen molar-refractivity contribution in [2.75, 3.05) is 5.32 Å². The second-order valence-electron chi connectivity index (χ2n) is 7.69. The van der Waals surface area contributed by atoms with Crippen molar-refractivity contribution in [2.45, 2.75) is 50.5 Å². The number of fused-ring (bicyclic) bond motifs is 2. The lowest BCUT2D eigenvalue weighted by Crippen LogP contribution is -2.15. The van der Waals surface area contributed by atoms with Gasteiger partial charge in [-0.2, -0.15) is 4.52 Å². The van der Waals surface area contributed by atoms with Gasteiger partial charge in [-0.15, -0.1) is 15.3 Å². The molecule has 1 N–H and O–H groups in total. The van der Waals surface area contributed by atoms with E-state index in [-0.39, 0.29) is 5.41 Å². The van der Waals surface area contributed by atoms with Gasteiger partial charge in [-0.3, -0.25) is 0 Å². The molecule has 5 nitrogen and oxygen atoms in total. The van der Waals surface area contributed by atoms with E-state index in [1.165, 1.54) is 24.0 Å². The summed E-state index contributed by atoms with van der Waals surface area (Å²) in [5, 5.41) is 16.9. The molecule has 0 bridgehead atoms. The molecule has 2 heterocycles. The van der Waals surface area contributed by atoms with E-state index in [1.54, 1.807) is 0 Å². The van der Waals surface area contributed by atoms with Gasteiger partial charge in [0.15, 0.2) is 11.5 Å². The standard InChI is InChI=1S/C19H21N5/c1-19(2)11-15(13-5-3-4-6-14(13)19)20-16-9-10-17-21-22-18(12-7-8-12)24(17)23-16/h3-6,9-10,12,15H,7-8,11H2,1-2H3,(H,20,23). The molecule has 0 radical (unpaired) electrons. The smallest absolute Gasteiger partial charge is 0.178 e. The number of hydrogen-bond donors (Lipinski definition) is 1. The number of nitrogens with one attached hydrogen (secondary N) is 1. The molecule has 0 saturated heterocycles. The van der Waals surface area contributed by atoms with E-state index in [1.807, 2.05) is 16.6 Å². The Balaban J connectivity index is 1.50. The van der Waals surface area contributed by atoms with Crippen molar-refractivity contribution in [1.29, 1.82) is 0 Å². The SMILES string of the molecule is CC1(C)CC(Nc2ccc3nnc(C4CC4)n3n2)c2ccccc21. The third-order valence-electron chi connectivity index (χ3n) is 5.33. The van der Waals surface area contributed by atoms with Gasteiger partial charge in [0.1, 0.15) is 5.82 Å². The van der Waals surface area contributed by atoms with Crippen molar-refractivity contribution in [1.82, 2.24) is 19.8 Å². The Kier molecular flexibility index (Phi) is 2.78. The van der Waals surface area contributed by atoms with Crippen molar-refractivity contribution in [3.05, 3.63) is 53.3 Å². The summed E-state index contributed by atoms with van der Waals surface area (Å²) in [6.07, 6.45) is 3.47. The normalized spacial score (nSPS) is 21.8. The Labute approximate surface area is 141 Å². The number of anilines is 1. The molecule has 0 aliphatic heterocycles. The quantitative estimate of drug-likeness (QED) is 0.797. The molecule has 2 aliphatic carbocycles. The van der Waals surface area contributed by atoms with Crippen LogP contribution in [-0.4, -0.2) is 19.8 Å². The fourth-order valence-electron chi connectivity index (χ4n) is 3.93. The van der Waals surface area contributed by atoms with Crippen LogP contribution in [0.1, 0.15) is 62.0 Å². The van der Waals surface area contributed by atoms with Crippen LogP contribution in [0.2, 0.25) is 0 Å². The van der Waals surface area contributed by atoms with Crippen molar-refractivity contribution in [3.63, 3.8) is 0 Å². The van der Waals surface area contributed by atoms with Gasteiger partial charge in [0, 0.05) is 5.92 Å². The third-order valence-corrected chi connectivity index (χ3v) is 5.33. The van der Waals surface area contributed by atoms with Crippen LogP contribution in [0.25, 0.3) is 5.65 Å². The van der Waals surface area contributed by atoms with Gasteiger partial charge in [-0.05, 0) is 47.9 Å². The van der Waals surface area contributed by atoms with Gasteiger partial charge in [0.25, 0.3) is 0 Å². The monoisotopic (exact) mass is 319 g/mol. The molecule has 2 aliphatic rings. The van der Waals surface area contributed by atoms with E-state index in [0.717, 1.165) is 23.7 Å². The summed E-state index contributed by atoms with van der Waals surface area (Å²) < 4.78 is 1.91. The average molecular weight is 319 g/mol. The number of nitrogens with zero attached hydrogens (tertiary/aromatic N) is 4. The predicted molar refractivity (Wildman–Crippen MR) is 93.2 cm³/mol. The largest absolute Gasteiger partial charge is 0.362 e. The highest BCUT2D eigenvalue weighted by atomic mass is 15.4. The van der Waals surface area contributed by atoms with Crippen LogP contribution in [0.3, 0.4) is 0 Å². The zero-order valence-electron chi connectivity index (χ0n) is 14.0. The van der Waals surface area contributed by atoms with Crippen molar-refractivity contribution in [3.8, 4) is 0 Å². The maximum atomic E-state index is 4.76. The van der Waals surface area contributed by atoms with Gasteiger partial charge in [0.05, 0.1) is 6.04 Å². The molecule has 0 amide bonds. The highest BCUT2D eigenvalue weighted by Crippen LogP contribution is 2.45. The molecule has 122 valence electrons. The molecule has 1 aromatic carbocycles. The molecule has 5 rings (SSSR count). The fourth-order valence-corrected chi connectivity index (χ4v) is 3.93.